The maximum Gasteiger partial charge on any atom is 0.371 e. The van der Waals surface area contributed by atoms with E-state index in [4.69, 9.17) is 9.84 Å². The molecule has 1 amide bonds. The first-order chi connectivity index (χ1) is 18.0. The van der Waals surface area contributed by atoms with Crippen molar-refractivity contribution < 1.29 is 24.2 Å². The summed E-state index contributed by atoms with van der Waals surface area (Å²) in [7, 11) is 1.86. The summed E-state index contributed by atoms with van der Waals surface area (Å²) in [6.45, 7) is 8.54. The highest BCUT2D eigenvalue weighted by Crippen LogP contribution is 2.23. The summed E-state index contributed by atoms with van der Waals surface area (Å²) >= 11 is 0. The molecule has 1 aliphatic heterocycles. The number of aryl methyl sites for hydroxylation is 3. The minimum atomic E-state index is -1.38. The molecule has 0 aliphatic carbocycles. The molecular weight excluding hydrogens is 488 g/mol. The standard InChI is InChI=1S/C24H30N6O2.C3H4O3/c1-16(2)32-21-14-30(15-21)23(31)8-7-18-5-6-19(11-17(18)3)22-9-10-25-24(28-22)27-20-12-26-29(4)13-20;1-2(4)3(5)6/h5-6,9-13,16,21H,7-8,14-15H2,1-4H3,(H,25,27,28);1H3,(H,5,6). The van der Waals surface area contributed by atoms with E-state index in [1.165, 1.54) is 5.56 Å². The van der Waals surface area contributed by atoms with Gasteiger partial charge in [-0.1, -0.05) is 12.1 Å². The van der Waals surface area contributed by atoms with E-state index < -0.39 is 11.8 Å². The first-order valence-corrected chi connectivity index (χ1v) is 12.4. The summed E-state index contributed by atoms with van der Waals surface area (Å²) < 4.78 is 7.45. The Morgan fingerprint density at radius 3 is 2.50 bits per heavy atom. The molecule has 11 heteroatoms. The van der Waals surface area contributed by atoms with Crippen molar-refractivity contribution >= 4 is 29.3 Å². The Balaban J connectivity index is 0.000000599. The van der Waals surface area contributed by atoms with E-state index in [0.717, 1.165) is 35.9 Å². The van der Waals surface area contributed by atoms with Crippen LogP contribution in [0.4, 0.5) is 11.6 Å². The van der Waals surface area contributed by atoms with Crippen molar-refractivity contribution in [1.29, 1.82) is 0 Å². The monoisotopic (exact) mass is 522 g/mol. The average Bonchev–Trinajstić information content (AvgIpc) is 3.24. The molecule has 0 atom stereocenters. The molecule has 3 aromatic rings. The number of amides is 1. The fraction of sp³-hybridized carbons (Fsp3) is 0.407. The van der Waals surface area contributed by atoms with Crippen LogP contribution in [0.15, 0.2) is 42.9 Å². The van der Waals surface area contributed by atoms with Gasteiger partial charge < -0.3 is 20.1 Å². The number of hydrogen-bond donors (Lipinski definition) is 2. The van der Waals surface area contributed by atoms with E-state index in [1.807, 2.05) is 38.1 Å². The van der Waals surface area contributed by atoms with Crippen LogP contribution in [0, 0.1) is 6.92 Å². The maximum atomic E-state index is 12.5. The predicted octanol–water partition coefficient (Wildman–Crippen LogP) is 3.16. The fourth-order valence-corrected chi connectivity index (χ4v) is 3.84. The molecule has 4 rings (SSSR count). The molecule has 11 nitrogen and oxygen atoms in total. The van der Waals surface area contributed by atoms with Gasteiger partial charge in [-0.15, -0.1) is 0 Å². The number of likely N-dealkylation sites (tertiary alicyclic amines) is 1. The van der Waals surface area contributed by atoms with Crippen LogP contribution >= 0.6 is 0 Å². The average molecular weight is 523 g/mol. The van der Waals surface area contributed by atoms with Gasteiger partial charge in [0.05, 0.1) is 29.8 Å². The Morgan fingerprint density at radius 1 is 1.21 bits per heavy atom. The summed E-state index contributed by atoms with van der Waals surface area (Å²) in [6.07, 6.45) is 6.98. The molecule has 2 aromatic heterocycles. The Labute approximate surface area is 221 Å². The van der Waals surface area contributed by atoms with Gasteiger partial charge in [0.2, 0.25) is 17.6 Å². The fourth-order valence-electron chi connectivity index (χ4n) is 3.84. The van der Waals surface area contributed by atoms with Crippen LogP contribution in [-0.2, 0) is 32.6 Å². The highest BCUT2D eigenvalue weighted by atomic mass is 16.5. The lowest BCUT2D eigenvalue weighted by Crippen LogP contribution is -2.55. The summed E-state index contributed by atoms with van der Waals surface area (Å²) in [6, 6.07) is 8.16. The van der Waals surface area contributed by atoms with Crippen molar-refractivity contribution in [3.8, 4) is 11.3 Å². The number of benzene rings is 1. The van der Waals surface area contributed by atoms with Gasteiger partial charge in [0.1, 0.15) is 0 Å². The second-order valence-electron chi connectivity index (χ2n) is 9.40. The van der Waals surface area contributed by atoms with Crippen molar-refractivity contribution in [3.05, 3.63) is 54.0 Å². The van der Waals surface area contributed by atoms with Crippen LogP contribution < -0.4 is 5.32 Å². The number of hydrogen-bond acceptors (Lipinski definition) is 8. The first kappa shape index (κ1) is 28.5. The lowest BCUT2D eigenvalue weighted by atomic mass is 9.99. The van der Waals surface area contributed by atoms with E-state index >= 15 is 0 Å². The maximum absolute atomic E-state index is 12.5. The normalized spacial score (nSPS) is 12.9. The van der Waals surface area contributed by atoms with Crippen LogP contribution in [0.2, 0.25) is 0 Å². The Hall–Kier alpha value is -4.12. The van der Waals surface area contributed by atoms with Crippen LogP contribution in [0.5, 0.6) is 0 Å². The van der Waals surface area contributed by atoms with Crippen molar-refractivity contribution in [1.82, 2.24) is 24.6 Å². The third-order valence-electron chi connectivity index (χ3n) is 5.83. The molecule has 0 saturated carbocycles. The number of carbonyl (C=O) groups is 3. The topological polar surface area (TPSA) is 140 Å². The molecule has 1 fully saturated rings. The molecule has 1 aromatic carbocycles. The SMILES string of the molecule is CC(=O)C(=O)O.Cc1cc(-c2ccnc(Nc3cnn(C)c3)n2)ccc1CCC(=O)N1CC(OC(C)C)C1. The number of aliphatic carboxylic acids is 1. The number of Topliss-reactive ketones (excluding diaryl/α,β-unsaturated/α-hetero) is 1. The number of nitrogens with zero attached hydrogens (tertiary/aromatic N) is 5. The van der Waals surface area contributed by atoms with Gasteiger partial charge >= 0.3 is 5.97 Å². The molecule has 0 bridgehead atoms. The lowest BCUT2D eigenvalue weighted by molar-refractivity contribution is -0.148. The number of carboxylic acids is 1. The predicted molar refractivity (Wildman–Crippen MR) is 142 cm³/mol. The Bertz CT molecular complexity index is 1270. The van der Waals surface area contributed by atoms with Crippen LogP contribution in [0.3, 0.4) is 0 Å². The number of anilines is 2. The smallest absolute Gasteiger partial charge is 0.371 e. The van der Waals surface area contributed by atoms with E-state index in [2.05, 4.69) is 45.5 Å². The van der Waals surface area contributed by atoms with Gasteiger partial charge in [-0.05, 0) is 50.5 Å². The molecule has 0 spiro atoms. The number of aromatic nitrogens is 4. The molecule has 0 radical (unpaired) electrons. The Kier molecular flexibility index (Phi) is 9.66. The van der Waals surface area contributed by atoms with Crippen LogP contribution in [0.25, 0.3) is 11.3 Å². The van der Waals surface area contributed by atoms with E-state index in [9.17, 15) is 14.4 Å². The number of carbonyl (C=O) groups excluding carboxylic acids is 2. The Morgan fingerprint density at radius 2 is 1.92 bits per heavy atom. The van der Waals surface area contributed by atoms with Crippen molar-refractivity contribution in [2.45, 2.75) is 52.7 Å². The molecule has 2 N–H and O–H groups in total. The van der Waals surface area contributed by atoms with Gasteiger partial charge in [0, 0.05) is 51.4 Å². The number of ether oxygens (including phenoxy) is 1. The molecular formula is C27H34N6O5. The quantitative estimate of drug-likeness (QED) is 0.406. The lowest BCUT2D eigenvalue weighted by Gasteiger charge is -2.40. The van der Waals surface area contributed by atoms with Gasteiger partial charge in [0.25, 0.3) is 0 Å². The molecule has 1 aliphatic rings. The first-order valence-electron chi connectivity index (χ1n) is 12.4. The zero-order valence-corrected chi connectivity index (χ0v) is 22.3. The van der Waals surface area contributed by atoms with Crippen LogP contribution in [0.1, 0.15) is 38.3 Å². The summed E-state index contributed by atoms with van der Waals surface area (Å²) in [5.41, 5.74) is 5.03. The second-order valence-corrected chi connectivity index (χ2v) is 9.40. The summed E-state index contributed by atoms with van der Waals surface area (Å²) in [4.78, 5) is 42.2. The molecule has 0 unspecified atom stereocenters. The zero-order chi connectivity index (χ0) is 27.8. The van der Waals surface area contributed by atoms with E-state index in [-0.39, 0.29) is 18.1 Å². The van der Waals surface area contributed by atoms with Crippen LogP contribution in [-0.4, -0.2) is 72.7 Å². The third-order valence-corrected chi connectivity index (χ3v) is 5.83. The van der Waals surface area contributed by atoms with Gasteiger partial charge in [-0.25, -0.2) is 14.8 Å². The largest absolute Gasteiger partial charge is 0.476 e. The number of rotatable bonds is 9. The van der Waals surface area contributed by atoms with Crippen molar-refractivity contribution in [3.63, 3.8) is 0 Å². The second kappa shape index (κ2) is 12.9. The third kappa shape index (κ3) is 8.20. The van der Waals surface area contributed by atoms with E-state index in [0.29, 0.717) is 25.5 Å². The van der Waals surface area contributed by atoms with Crippen molar-refractivity contribution in [2.24, 2.45) is 7.05 Å². The molecule has 1 saturated heterocycles. The highest BCUT2D eigenvalue weighted by molar-refractivity contribution is 6.31. The number of nitrogens with one attached hydrogen (secondary N) is 1. The highest BCUT2D eigenvalue weighted by Gasteiger charge is 2.31. The number of ketones is 1. The minimum absolute atomic E-state index is 0.186. The van der Waals surface area contributed by atoms with Crippen molar-refractivity contribution in [2.75, 3.05) is 18.4 Å². The summed E-state index contributed by atoms with van der Waals surface area (Å²) in [5, 5.41) is 15.0. The van der Waals surface area contributed by atoms with Gasteiger partial charge in [-0.3, -0.25) is 14.3 Å². The molecule has 3 heterocycles. The van der Waals surface area contributed by atoms with Gasteiger partial charge in [-0.2, -0.15) is 5.10 Å². The van der Waals surface area contributed by atoms with E-state index in [1.54, 1.807) is 17.1 Å². The zero-order valence-electron chi connectivity index (χ0n) is 22.3. The van der Waals surface area contributed by atoms with Gasteiger partial charge in [0.15, 0.2) is 0 Å². The molecule has 38 heavy (non-hydrogen) atoms. The number of carboxylic acid groups (broad SMARTS) is 1. The minimum Gasteiger partial charge on any atom is -0.476 e. The summed E-state index contributed by atoms with van der Waals surface area (Å²) in [5.74, 6) is -1.49. The molecule has 202 valence electrons.